The summed E-state index contributed by atoms with van der Waals surface area (Å²) in [5.74, 6) is -0.661. The zero-order chi connectivity index (χ0) is 17.3. The highest BCUT2D eigenvalue weighted by molar-refractivity contribution is 6.06. The van der Waals surface area contributed by atoms with Gasteiger partial charge in [-0.3, -0.25) is 9.78 Å². The van der Waals surface area contributed by atoms with E-state index in [1.54, 1.807) is 31.4 Å². The van der Waals surface area contributed by atoms with Gasteiger partial charge in [0.1, 0.15) is 5.75 Å². The molecular formula is C17H18N2O5. The highest BCUT2D eigenvalue weighted by atomic mass is 16.5. The second-order valence-electron chi connectivity index (χ2n) is 5.64. The summed E-state index contributed by atoms with van der Waals surface area (Å²) in [7, 11) is 1.56. The molecule has 0 spiro atoms. The van der Waals surface area contributed by atoms with E-state index in [4.69, 9.17) is 14.6 Å². The number of rotatable bonds is 3. The Bertz CT molecular complexity index is 805. The molecule has 0 unspecified atom stereocenters. The van der Waals surface area contributed by atoms with Gasteiger partial charge in [0.25, 0.3) is 5.91 Å². The van der Waals surface area contributed by atoms with E-state index in [1.165, 1.54) is 4.90 Å². The Labute approximate surface area is 138 Å². The number of hydrogen-bond donors (Lipinski definition) is 1. The van der Waals surface area contributed by atoms with E-state index in [2.05, 4.69) is 4.98 Å². The van der Waals surface area contributed by atoms with E-state index in [9.17, 15) is 9.59 Å². The lowest BCUT2D eigenvalue weighted by Crippen LogP contribution is -2.48. The quantitative estimate of drug-likeness (QED) is 0.917. The van der Waals surface area contributed by atoms with Crippen LogP contribution < -0.4 is 4.74 Å². The van der Waals surface area contributed by atoms with Crippen molar-refractivity contribution in [2.45, 2.75) is 13.0 Å². The number of carbonyl (C=O) groups is 2. The van der Waals surface area contributed by atoms with Gasteiger partial charge < -0.3 is 19.5 Å². The number of fused-ring (bicyclic) bond motifs is 1. The molecular weight excluding hydrogens is 312 g/mol. The number of aromatic nitrogens is 1. The highest BCUT2D eigenvalue weighted by Gasteiger charge is 2.30. The molecule has 3 rings (SSSR count). The van der Waals surface area contributed by atoms with E-state index in [-0.39, 0.29) is 19.1 Å². The molecule has 1 fully saturated rings. The molecule has 126 valence electrons. The summed E-state index contributed by atoms with van der Waals surface area (Å²) >= 11 is 0. The van der Waals surface area contributed by atoms with Crippen molar-refractivity contribution in [3.8, 4) is 5.75 Å². The van der Waals surface area contributed by atoms with Crippen LogP contribution in [0.15, 0.2) is 24.3 Å². The van der Waals surface area contributed by atoms with Gasteiger partial charge >= 0.3 is 5.97 Å². The first-order valence-electron chi connectivity index (χ1n) is 7.58. The maximum absolute atomic E-state index is 12.9. The van der Waals surface area contributed by atoms with Crippen molar-refractivity contribution in [3.63, 3.8) is 0 Å². The third-order valence-corrected chi connectivity index (χ3v) is 4.00. The number of pyridine rings is 1. The molecule has 7 heteroatoms. The number of aryl methyl sites for hydroxylation is 1. The van der Waals surface area contributed by atoms with Gasteiger partial charge in [0.05, 0.1) is 31.3 Å². The topological polar surface area (TPSA) is 89.0 Å². The van der Waals surface area contributed by atoms with Crippen LogP contribution >= 0.6 is 0 Å². The first kappa shape index (κ1) is 16.2. The Kier molecular flexibility index (Phi) is 4.35. The summed E-state index contributed by atoms with van der Waals surface area (Å²) in [4.78, 5) is 30.0. The van der Waals surface area contributed by atoms with E-state index >= 15 is 0 Å². The molecule has 1 amide bonds. The minimum Gasteiger partial charge on any atom is -0.497 e. The monoisotopic (exact) mass is 330 g/mol. The second-order valence-corrected chi connectivity index (χ2v) is 5.64. The van der Waals surface area contributed by atoms with Crippen molar-refractivity contribution < 1.29 is 24.2 Å². The van der Waals surface area contributed by atoms with Gasteiger partial charge in [-0.15, -0.1) is 0 Å². The number of ether oxygens (including phenoxy) is 2. The summed E-state index contributed by atoms with van der Waals surface area (Å²) in [6.07, 6.45) is -0.994. The summed E-state index contributed by atoms with van der Waals surface area (Å²) in [5.41, 5.74) is 1.91. The van der Waals surface area contributed by atoms with Crippen LogP contribution in [0.25, 0.3) is 10.9 Å². The summed E-state index contributed by atoms with van der Waals surface area (Å²) in [6.45, 7) is 2.41. The standard InChI is InChI=1S/C17H18N2O5/c1-10-7-13(12-8-11(23-2)3-4-14(12)18-10)16(20)19-5-6-24-15(9-19)17(21)22/h3-4,7-8,15H,5-6,9H2,1-2H3,(H,21,22)/t15-/m0/s1. The predicted molar refractivity (Wildman–Crippen MR) is 86.3 cm³/mol. The van der Waals surface area contributed by atoms with Crippen LogP contribution in [0.3, 0.4) is 0 Å². The number of morpholine rings is 1. The summed E-state index contributed by atoms with van der Waals surface area (Å²) < 4.78 is 10.4. The molecule has 0 aliphatic carbocycles. The largest absolute Gasteiger partial charge is 0.497 e. The molecule has 0 radical (unpaired) electrons. The average molecular weight is 330 g/mol. The molecule has 0 saturated carbocycles. The number of amides is 1. The molecule has 2 heterocycles. The van der Waals surface area contributed by atoms with Gasteiger partial charge in [0, 0.05) is 17.6 Å². The molecule has 1 aromatic heterocycles. The molecule has 24 heavy (non-hydrogen) atoms. The lowest BCUT2D eigenvalue weighted by Gasteiger charge is -2.31. The lowest BCUT2D eigenvalue weighted by molar-refractivity contribution is -0.154. The van der Waals surface area contributed by atoms with Crippen molar-refractivity contribution in [2.24, 2.45) is 0 Å². The summed E-state index contributed by atoms with van der Waals surface area (Å²) in [6, 6.07) is 7.08. The normalized spacial score (nSPS) is 17.8. The maximum Gasteiger partial charge on any atom is 0.334 e. The second kappa shape index (κ2) is 6.45. The minimum absolute atomic E-state index is 0.0288. The average Bonchev–Trinajstić information content (AvgIpc) is 2.60. The fourth-order valence-electron chi connectivity index (χ4n) is 2.79. The Morgan fingerprint density at radius 2 is 2.17 bits per heavy atom. The number of carbonyl (C=O) groups excluding carboxylic acids is 1. The first-order valence-corrected chi connectivity index (χ1v) is 7.58. The van der Waals surface area contributed by atoms with E-state index < -0.39 is 12.1 Å². The van der Waals surface area contributed by atoms with Crippen LogP contribution in [0.5, 0.6) is 5.75 Å². The minimum atomic E-state index is -1.06. The van der Waals surface area contributed by atoms with Crippen LogP contribution in [0.2, 0.25) is 0 Å². The Morgan fingerprint density at radius 3 is 2.88 bits per heavy atom. The number of carboxylic acids is 1. The fourth-order valence-corrected chi connectivity index (χ4v) is 2.79. The van der Waals surface area contributed by atoms with Crippen LogP contribution in [0, 0.1) is 6.92 Å². The van der Waals surface area contributed by atoms with Crippen LogP contribution in [0.4, 0.5) is 0 Å². The number of methoxy groups -OCH3 is 1. The first-order chi connectivity index (χ1) is 11.5. The fraction of sp³-hybridized carbons (Fsp3) is 0.353. The molecule has 0 bridgehead atoms. The molecule has 1 saturated heterocycles. The van der Waals surface area contributed by atoms with Crippen LogP contribution in [0.1, 0.15) is 16.1 Å². The smallest absolute Gasteiger partial charge is 0.334 e. The van der Waals surface area contributed by atoms with E-state index in [1.807, 2.05) is 6.92 Å². The van der Waals surface area contributed by atoms with Gasteiger partial charge in [0.15, 0.2) is 6.10 Å². The molecule has 1 aliphatic rings. The van der Waals surface area contributed by atoms with Crippen LogP contribution in [-0.4, -0.2) is 59.8 Å². The third-order valence-electron chi connectivity index (χ3n) is 4.00. The number of benzene rings is 1. The number of aliphatic carboxylic acids is 1. The molecule has 1 N–H and O–H groups in total. The third kappa shape index (κ3) is 3.03. The van der Waals surface area contributed by atoms with Crippen LogP contribution in [-0.2, 0) is 9.53 Å². The Balaban J connectivity index is 2.01. The van der Waals surface area contributed by atoms with Gasteiger partial charge in [-0.05, 0) is 31.2 Å². The van der Waals surface area contributed by atoms with Gasteiger partial charge in [-0.1, -0.05) is 0 Å². The molecule has 1 atom stereocenters. The zero-order valence-corrected chi connectivity index (χ0v) is 13.5. The number of carboxylic acid groups (broad SMARTS) is 1. The van der Waals surface area contributed by atoms with Gasteiger partial charge in [0.2, 0.25) is 0 Å². The zero-order valence-electron chi connectivity index (χ0n) is 13.5. The van der Waals surface area contributed by atoms with E-state index in [0.717, 1.165) is 5.69 Å². The lowest BCUT2D eigenvalue weighted by atomic mass is 10.1. The maximum atomic E-state index is 12.9. The van der Waals surface area contributed by atoms with Crippen molar-refractivity contribution in [2.75, 3.05) is 26.8 Å². The Hall–Kier alpha value is -2.67. The SMILES string of the molecule is COc1ccc2nc(C)cc(C(=O)N3CCO[C@H](C(=O)O)C3)c2c1. The Morgan fingerprint density at radius 1 is 1.38 bits per heavy atom. The molecule has 1 aromatic carbocycles. The molecule has 1 aliphatic heterocycles. The van der Waals surface area contributed by atoms with Gasteiger partial charge in [-0.2, -0.15) is 0 Å². The van der Waals surface area contributed by atoms with Crippen molar-refractivity contribution in [1.29, 1.82) is 0 Å². The highest BCUT2D eigenvalue weighted by Crippen LogP contribution is 2.25. The van der Waals surface area contributed by atoms with E-state index in [0.29, 0.717) is 28.8 Å². The number of nitrogens with zero attached hydrogens (tertiary/aromatic N) is 2. The molecule has 2 aromatic rings. The van der Waals surface area contributed by atoms with Crippen molar-refractivity contribution >= 4 is 22.8 Å². The number of hydrogen-bond acceptors (Lipinski definition) is 5. The van der Waals surface area contributed by atoms with Crippen molar-refractivity contribution in [1.82, 2.24) is 9.88 Å². The summed E-state index contributed by atoms with van der Waals surface area (Å²) in [5, 5.41) is 9.79. The predicted octanol–water partition coefficient (Wildman–Crippen LogP) is 1.48. The van der Waals surface area contributed by atoms with Crippen molar-refractivity contribution in [3.05, 3.63) is 35.5 Å². The van der Waals surface area contributed by atoms with Gasteiger partial charge in [-0.25, -0.2) is 4.79 Å². The molecule has 7 nitrogen and oxygen atoms in total.